The number of guanidine groups is 1. The molecule has 0 saturated carbocycles. The highest BCUT2D eigenvalue weighted by atomic mass is 16.5. The number of nitrogens with zero attached hydrogens (tertiary/aromatic N) is 2. The van der Waals surface area contributed by atoms with Gasteiger partial charge in [-0.25, -0.2) is 4.79 Å². The molecule has 0 aliphatic carbocycles. The SMILES string of the molecule is COc1ccc(C(NC(=O)[C@H](CC(=O)O)CC(=O)CN2C(=O)N[C@@H](CCCN=C(N)N)C2=O)c2ccc(OC)cc2)cc1. The summed E-state index contributed by atoms with van der Waals surface area (Å²) in [4.78, 5) is 67.8. The highest BCUT2D eigenvalue weighted by Crippen LogP contribution is 2.27. The van der Waals surface area contributed by atoms with Crippen molar-refractivity contribution in [2.75, 3.05) is 27.3 Å². The minimum atomic E-state index is -1.28. The third kappa shape index (κ3) is 9.18. The molecule has 1 heterocycles. The van der Waals surface area contributed by atoms with Gasteiger partial charge in [-0.2, -0.15) is 0 Å². The summed E-state index contributed by atoms with van der Waals surface area (Å²) in [5, 5.41) is 14.9. The molecule has 0 radical (unpaired) electrons. The van der Waals surface area contributed by atoms with Gasteiger partial charge in [0, 0.05) is 13.0 Å². The van der Waals surface area contributed by atoms with Gasteiger partial charge in [0.15, 0.2) is 11.7 Å². The fourth-order valence-corrected chi connectivity index (χ4v) is 4.62. The van der Waals surface area contributed by atoms with Crippen LogP contribution in [0, 0.1) is 5.92 Å². The van der Waals surface area contributed by atoms with Gasteiger partial charge < -0.3 is 36.7 Å². The Labute approximate surface area is 248 Å². The van der Waals surface area contributed by atoms with Crippen LogP contribution in [0.5, 0.6) is 11.5 Å². The molecule has 14 heteroatoms. The van der Waals surface area contributed by atoms with Gasteiger partial charge in [0.25, 0.3) is 5.91 Å². The maximum Gasteiger partial charge on any atom is 0.325 e. The summed E-state index contributed by atoms with van der Waals surface area (Å²) < 4.78 is 10.4. The molecule has 2 aromatic carbocycles. The van der Waals surface area contributed by atoms with Crippen LogP contribution in [0.25, 0.3) is 0 Å². The highest BCUT2D eigenvalue weighted by molar-refractivity contribution is 6.07. The molecular formula is C29H36N6O8. The first kappa shape index (κ1) is 32.4. The lowest BCUT2D eigenvalue weighted by molar-refractivity contribution is -0.142. The Morgan fingerprint density at radius 2 is 1.53 bits per heavy atom. The number of imide groups is 1. The smallest absolute Gasteiger partial charge is 0.325 e. The number of carbonyl (C=O) groups excluding carboxylic acids is 4. The number of rotatable bonds is 16. The number of urea groups is 1. The normalized spacial score (nSPS) is 15.0. The number of methoxy groups -OCH3 is 2. The molecule has 0 spiro atoms. The predicted molar refractivity (Wildman–Crippen MR) is 155 cm³/mol. The van der Waals surface area contributed by atoms with Crippen molar-refractivity contribution < 1.29 is 38.6 Å². The molecular weight excluding hydrogens is 560 g/mol. The van der Waals surface area contributed by atoms with Gasteiger partial charge >= 0.3 is 12.0 Å². The van der Waals surface area contributed by atoms with Gasteiger partial charge in [-0.05, 0) is 48.2 Å². The van der Waals surface area contributed by atoms with E-state index in [9.17, 15) is 29.1 Å². The zero-order chi connectivity index (χ0) is 31.5. The van der Waals surface area contributed by atoms with Crippen LogP contribution >= 0.6 is 0 Å². The number of Topliss-reactive ketones (excluding diaryl/α,β-unsaturated/α-hetero) is 1. The van der Waals surface area contributed by atoms with Gasteiger partial charge in [-0.1, -0.05) is 24.3 Å². The second-order valence-electron chi connectivity index (χ2n) is 9.90. The van der Waals surface area contributed by atoms with Crippen LogP contribution in [0.2, 0.25) is 0 Å². The number of ketones is 1. The third-order valence-corrected chi connectivity index (χ3v) is 6.84. The van der Waals surface area contributed by atoms with E-state index in [0.717, 1.165) is 4.90 Å². The number of hydrogen-bond donors (Lipinski definition) is 5. The van der Waals surface area contributed by atoms with Crippen molar-refractivity contribution >= 4 is 35.6 Å². The monoisotopic (exact) mass is 596 g/mol. The second kappa shape index (κ2) is 15.2. The molecule has 0 aromatic heterocycles. The van der Waals surface area contributed by atoms with Gasteiger partial charge in [0.1, 0.15) is 17.5 Å². The number of ether oxygens (including phenoxy) is 2. The molecule has 230 valence electrons. The Morgan fingerprint density at radius 1 is 0.977 bits per heavy atom. The maximum atomic E-state index is 13.5. The molecule has 4 amide bonds. The van der Waals surface area contributed by atoms with Crippen molar-refractivity contribution in [3.8, 4) is 11.5 Å². The molecule has 7 N–H and O–H groups in total. The number of hydrogen-bond acceptors (Lipinski definition) is 8. The fraction of sp³-hybridized carbons (Fsp3) is 0.379. The number of nitrogens with one attached hydrogen (secondary N) is 2. The van der Waals surface area contributed by atoms with Gasteiger partial charge in [-0.3, -0.25) is 29.1 Å². The lowest BCUT2D eigenvalue weighted by Gasteiger charge is -2.23. The first-order chi connectivity index (χ1) is 20.5. The zero-order valence-corrected chi connectivity index (χ0v) is 23.9. The quantitative estimate of drug-likeness (QED) is 0.0799. The van der Waals surface area contributed by atoms with Crippen molar-refractivity contribution in [2.24, 2.45) is 22.4 Å². The standard InChI is InChI=1S/C29H36N6O8/c1-42-21-9-5-17(6-10-21)25(18-7-11-22(43-2)12-8-18)34-26(39)19(15-24(37)38)14-20(36)16-35-27(40)23(33-29(35)41)4-3-13-32-28(30)31/h5-12,19,23,25H,3-4,13-16H2,1-2H3,(H,33,41)(H,34,39)(H,37,38)(H4,30,31,32)/t19-,23-/m0/s1. The molecule has 14 nitrogen and oxygen atoms in total. The number of nitrogens with two attached hydrogens (primary N) is 2. The zero-order valence-electron chi connectivity index (χ0n) is 23.9. The van der Waals surface area contributed by atoms with Crippen molar-refractivity contribution in [2.45, 2.75) is 37.8 Å². The Balaban J connectivity index is 1.73. The maximum absolute atomic E-state index is 13.5. The van der Waals surface area contributed by atoms with Crippen LogP contribution < -0.4 is 31.6 Å². The Kier molecular flexibility index (Phi) is 11.4. The minimum absolute atomic E-state index is 0.0896. The molecule has 1 aliphatic rings. The van der Waals surface area contributed by atoms with Gasteiger partial charge in [0.2, 0.25) is 5.91 Å². The number of carboxylic acid groups (broad SMARTS) is 1. The van der Waals surface area contributed by atoms with Crippen LogP contribution in [-0.4, -0.2) is 78.9 Å². The van der Waals surface area contributed by atoms with E-state index < -0.39 is 67.0 Å². The van der Waals surface area contributed by atoms with Crippen LogP contribution in [0.4, 0.5) is 4.79 Å². The minimum Gasteiger partial charge on any atom is -0.497 e. The summed E-state index contributed by atoms with van der Waals surface area (Å²) in [5.41, 5.74) is 11.9. The summed E-state index contributed by atoms with van der Waals surface area (Å²) in [6.07, 6.45) is -0.458. The summed E-state index contributed by atoms with van der Waals surface area (Å²) in [5.74, 6) is -3.34. The van der Waals surface area contributed by atoms with E-state index in [2.05, 4.69) is 15.6 Å². The van der Waals surface area contributed by atoms with Gasteiger partial charge in [0.05, 0.1) is 39.1 Å². The summed E-state index contributed by atoms with van der Waals surface area (Å²) in [6, 6.07) is 11.7. The molecule has 0 unspecified atom stereocenters. The van der Waals surface area contributed by atoms with E-state index in [-0.39, 0.29) is 18.9 Å². The third-order valence-electron chi connectivity index (χ3n) is 6.84. The molecule has 1 aliphatic heterocycles. The van der Waals surface area contributed by atoms with E-state index in [4.69, 9.17) is 20.9 Å². The molecule has 43 heavy (non-hydrogen) atoms. The summed E-state index contributed by atoms with van der Waals surface area (Å²) >= 11 is 0. The van der Waals surface area contributed by atoms with Crippen molar-refractivity contribution in [1.82, 2.24) is 15.5 Å². The number of benzene rings is 2. The summed E-state index contributed by atoms with van der Waals surface area (Å²) in [6.45, 7) is -0.334. The number of carboxylic acids is 1. The first-order valence-electron chi connectivity index (χ1n) is 13.5. The largest absolute Gasteiger partial charge is 0.497 e. The van der Waals surface area contributed by atoms with E-state index in [1.54, 1.807) is 48.5 Å². The molecule has 1 fully saturated rings. The fourth-order valence-electron chi connectivity index (χ4n) is 4.62. The van der Waals surface area contributed by atoms with E-state index in [1.165, 1.54) is 14.2 Å². The van der Waals surface area contributed by atoms with Crippen LogP contribution in [0.1, 0.15) is 42.9 Å². The molecule has 3 rings (SSSR count). The van der Waals surface area contributed by atoms with Crippen LogP contribution in [0.3, 0.4) is 0 Å². The van der Waals surface area contributed by atoms with E-state index >= 15 is 0 Å². The second-order valence-corrected chi connectivity index (χ2v) is 9.90. The lowest BCUT2D eigenvalue weighted by atomic mass is 9.94. The van der Waals surface area contributed by atoms with Crippen LogP contribution in [0.15, 0.2) is 53.5 Å². The van der Waals surface area contributed by atoms with Crippen molar-refractivity contribution in [3.63, 3.8) is 0 Å². The van der Waals surface area contributed by atoms with Crippen LogP contribution in [-0.2, 0) is 19.2 Å². The molecule has 1 saturated heterocycles. The first-order valence-corrected chi connectivity index (χ1v) is 13.5. The lowest BCUT2D eigenvalue weighted by Crippen LogP contribution is -2.40. The van der Waals surface area contributed by atoms with E-state index in [1.807, 2.05) is 0 Å². The van der Waals surface area contributed by atoms with Crippen molar-refractivity contribution in [1.29, 1.82) is 0 Å². The van der Waals surface area contributed by atoms with Gasteiger partial charge in [-0.15, -0.1) is 0 Å². The van der Waals surface area contributed by atoms with E-state index in [0.29, 0.717) is 29.0 Å². The topological polar surface area (TPSA) is 216 Å². The Morgan fingerprint density at radius 3 is 2.02 bits per heavy atom. The predicted octanol–water partition coefficient (Wildman–Crippen LogP) is 0.934. The number of aliphatic carboxylic acids is 1. The molecule has 0 bridgehead atoms. The van der Waals surface area contributed by atoms with Crippen molar-refractivity contribution in [3.05, 3.63) is 59.7 Å². The number of amides is 4. The number of aliphatic imine (C=N–C) groups is 1. The molecule has 2 atom stereocenters. The average molecular weight is 597 g/mol. The highest BCUT2D eigenvalue weighted by Gasteiger charge is 2.39. The average Bonchev–Trinajstić information content (AvgIpc) is 3.24. The number of carbonyl (C=O) groups is 5. The Hall–Kier alpha value is -5.14. The molecule has 2 aromatic rings. The Bertz CT molecular complexity index is 1290. The summed E-state index contributed by atoms with van der Waals surface area (Å²) in [7, 11) is 3.06.